The van der Waals surface area contributed by atoms with Gasteiger partial charge in [-0.15, -0.1) is 0 Å². The molecule has 0 aliphatic heterocycles. The maximum atomic E-state index is 10.4. The molecule has 118 valence electrons. The summed E-state index contributed by atoms with van der Waals surface area (Å²) in [5, 5.41) is 10.4. The highest BCUT2D eigenvalue weighted by atomic mass is 17.2. The Morgan fingerprint density at radius 3 is 2.43 bits per heavy atom. The molecule has 0 N–H and O–H groups in total. The van der Waals surface area contributed by atoms with Crippen molar-refractivity contribution in [2.24, 2.45) is 11.3 Å². The molecule has 0 aromatic heterocycles. The van der Waals surface area contributed by atoms with Crippen LogP contribution in [0.5, 0.6) is 11.5 Å². The molecular formula is C16H23O5-. The number of carbonyl (C=O) groups is 1. The molecule has 0 radical (unpaired) electrons. The summed E-state index contributed by atoms with van der Waals surface area (Å²) in [5.74, 6) is -0.280. The van der Waals surface area contributed by atoms with Crippen molar-refractivity contribution >= 4 is 5.97 Å². The van der Waals surface area contributed by atoms with Gasteiger partial charge >= 0.3 is 0 Å². The van der Waals surface area contributed by atoms with Crippen LogP contribution in [0, 0.1) is 11.3 Å². The van der Waals surface area contributed by atoms with Crippen molar-refractivity contribution in [3.63, 3.8) is 0 Å². The van der Waals surface area contributed by atoms with Crippen LogP contribution in [0.2, 0.25) is 0 Å². The summed E-state index contributed by atoms with van der Waals surface area (Å²) < 4.78 is 5.07. The third-order valence-corrected chi connectivity index (χ3v) is 2.66. The SMILES string of the molecule is CC(COOc1ccccc1OCC(=O)[O-])CC(C)(C)C. The summed E-state index contributed by atoms with van der Waals surface area (Å²) in [6.07, 6.45) is 1.01. The van der Waals surface area contributed by atoms with Gasteiger partial charge in [0, 0.05) is 0 Å². The number of carbonyl (C=O) groups excluding carboxylic acids is 1. The number of benzene rings is 1. The number of carboxylic acid groups (broad SMARTS) is 1. The van der Waals surface area contributed by atoms with Gasteiger partial charge in [0.05, 0.1) is 12.6 Å². The van der Waals surface area contributed by atoms with Crippen molar-refractivity contribution in [3.05, 3.63) is 24.3 Å². The Morgan fingerprint density at radius 1 is 1.24 bits per heavy atom. The number of para-hydroxylation sites is 2. The first-order valence-electron chi connectivity index (χ1n) is 6.99. The van der Waals surface area contributed by atoms with E-state index in [1.165, 1.54) is 0 Å². The van der Waals surface area contributed by atoms with Crippen molar-refractivity contribution < 1.29 is 24.4 Å². The molecule has 1 atom stereocenters. The highest BCUT2D eigenvalue weighted by Crippen LogP contribution is 2.28. The molecule has 0 saturated heterocycles. The maximum Gasteiger partial charge on any atom is 0.207 e. The monoisotopic (exact) mass is 295 g/mol. The molecule has 1 unspecified atom stereocenters. The number of hydrogen-bond donors (Lipinski definition) is 0. The number of ether oxygens (including phenoxy) is 1. The summed E-state index contributed by atoms with van der Waals surface area (Å²) in [4.78, 5) is 20.9. The molecule has 0 spiro atoms. The van der Waals surface area contributed by atoms with Crippen molar-refractivity contribution in [1.82, 2.24) is 0 Å². The number of carboxylic acids is 1. The minimum atomic E-state index is -1.29. The average Bonchev–Trinajstić information content (AvgIpc) is 2.35. The van der Waals surface area contributed by atoms with Crippen molar-refractivity contribution in [3.8, 4) is 11.5 Å². The smallest absolute Gasteiger partial charge is 0.207 e. The lowest BCUT2D eigenvalue weighted by molar-refractivity contribution is -0.307. The summed E-state index contributed by atoms with van der Waals surface area (Å²) in [5.41, 5.74) is 0.234. The largest absolute Gasteiger partial charge is 0.546 e. The molecular weight excluding hydrogens is 272 g/mol. The van der Waals surface area contributed by atoms with Crippen LogP contribution in [0.15, 0.2) is 24.3 Å². The lowest BCUT2D eigenvalue weighted by atomic mass is 9.86. The van der Waals surface area contributed by atoms with E-state index < -0.39 is 12.6 Å². The summed E-state index contributed by atoms with van der Waals surface area (Å²) in [6.45, 7) is 8.54. The lowest BCUT2D eigenvalue weighted by Gasteiger charge is -2.22. The molecule has 1 rings (SSSR count). The van der Waals surface area contributed by atoms with Crippen LogP contribution in [0.4, 0.5) is 0 Å². The number of aliphatic carboxylic acids is 1. The average molecular weight is 295 g/mol. The van der Waals surface area contributed by atoms with Crippen molar-refractivity contribution in [1.29, 1.82) is 0 Å². The van der Waals surface area contributed by atoms with E-state index in [1.54, 1.807) is 24.3 Å². The molecule has 21 heavy (non-hydrogen) atoms. The van der Waals surface area contributed by atoms with Gasteiger partial charge in [0.2, 0.25) is 5.75 Å². The Kier molecular flexibility index (Phi) is 6.49. The lowest BCUT2D eigenvalue weighted by Crippen LogP contribution is -2.29. The Morgan fingerprint density at radius 2 is 1.86 bits per heavy atom. The van der Waals surface area contributed by atoms with Crippen LogP contribution in [0.3, 0.4) is 0 Å². The van der Waals surface area contributed by atoms with E-state index in [1.807, 2.05) is 0 Å². The van der Waals surface area contributed by atoms with Crippen LogP contribution >= 0.6 is 0 Å². The van der Waals surface area contributed by atoms with Crippen LogP contribution < -0.4 is 14.7 Å². The third-order valence-electron chi connectivity index (χ3n) is 2.66. The van der Waals surface area contributed by atoms with Gasteiger partial charge in [-0.2, -0.15) is 4.89 Å². The molecule has 1 aromatic rings. The molecule has 5 heteroatoms. The van der Waals surface area contributed by atoms with E-state index in [2.05, 4.69) is 27.7 Å². The first-order valence-corrected chi connectivity index (χ1v) is 6.99. The standard InChI is InChI=1S/C16H24O5/c1-12(9-16(2,3)4)10-20-21-14-8-6-5-7-13(14)19-11-15(17)18/h5-8,12H,9-11H2,1-4H3,(H,17,18)/p-1. The van der Waals surface area contributed by atoms with Crippen LogP contribution in [-0.2, 0) is 9.68 Å². The summed E-state index contributed by atoms with van der Waals surface area (Å²) >= 11 is 0. The van der Waals surface area contributed by atoms with Gasteiger partial charge in [0.1, 0.15) is 6.61 Å². The Balaban J connectivity index is 2.46. The van der Waals surface area contributed by atoms with E-state index >= 15 is 0 Å². The molecule has 1 aromatic carbocycles. The zero-order valence-electron chi connectivity index (χ0n) is 13.0. The van der Waals surface area contributed by atoms with Crippen LogP contribution in [0.25, 0.3) is 0 Å². The second-order valence-corrected chi connectivity index (χ2v) is 6.35. The minimum absolute atomic E-state index is 0.234. The van der Waals surface area contributed by atoms with Gasteiger partial charge in [0.25, 0.3) is 0 Å². The second-order valence-electron chi connectivity index (χ2n) is 6.35. The van der Waals surface area contributed by atoms with E-state index in [0.717, 1.165) is 6.42 Å². The molecule has 0 amide bonds. The minimum Gasteiger partial charge on any atom is -0.546 e. The van der Waals surface area contributed by atoms with Crippen molar-refractivity contribution in [2.75, 3.05) is 13.2 Å². The fourth-order valence-electron chi connectivity index (χ4n) is 2.09. The van der Waals surface area contributed by atoms with E-state index in [9.17, 15) is 9.90 Å². The molecule has 0 bridgehead atoms. The zero-order valence-corrected chi connectivity index (χ0v) is 13.0. The highest BCUT2D eigenvalue weighted by Gasteiger charge is 2.16. The topological polar surface area (TPSA) is 67.8 Å². The normalized spacial score (nSPS) is 12.8. The fourth-order valence-corrected chi connectivity index (χ4v) is 2.09. The first kappa shape index (κ1) is 17.3. The quantitative estimate of drug-likeness (QED) is 0.543. The van der Waals surface area contributed by atoms with Crippen LogP contribution in [-0.4, -0.2) is 19.2 Å². The molecule has 0 aliphatic rings. The number of hydrogen-bond acceptors (Lipinski definition) is 5. The first-order chi connectivity index (χ1) is 9.78. The number of rotatable bonds is 8. The predicted molar refractivity (Wildman–Crippen MR) is 76.8 cm³/mol. The second kappa shape index (κ2) is 7.88. The predicted octanol–water partition coefficient (Wildman–Crippen LogP) is 2.20. The Bertz CT molecular complexity index is 450. The highest BCUT2D eigenvalue weighted by molar-refractivity contribution is 5.66. The Labute approximate surface area is 125 Å². The Hall–Kier alpha value is -1.75. The van der Waals surface area contributed by atoms with Gasteiger partial charge in [-0.3, -0.25) is 0 Å². The molecule has 5 nitrogen and oxygen atoms in total. The van der Waals surface area contributed by atoms with Gasteiger partial charge in [0.15, 0.2) is 5.75 Å². The molecule has 0 saturated carbocycles. The van der Waals surface area contributed by atoms with Crippen LogP contribution in [0.1, 0.15) is 34.1 Å². The third kappa shape index (κ3) is 7.56. The molecule has 0 fully saturated rings. The summed E-state index contributed by atoms with van der Waals surface area (Å²) in [7, 11) is 0. The zero-order chi connectivity index (χ0) is 15.9. The molecule has 0 aliphatic carbocycles. The molecule has 0 heterocycles. The van der Waals surface area contributed by atoms with E-state index in [0.29, 0.717) is 24.0 Å². The summed E-state index contributed by atoms with van der Waals surface area (Å²) in [6, 6.07) is 6.74. The van der Waals surface area contributed by atoms with Gasteiger partial charge in [-0.25, -0.2) is 0 Å². The van der Waals surface area contributed by atoms with Crippen molar-refractivity contribution in [2.45, 2.75) is 34.1 Å². The van der Waals surface area contributed by atoms with E-state index in [4.69, 9.17) is 14.5 Å². The van der Waals surface area contributed by atoms with Gasteiger partial charge in [-0.1, -0.05) is 39.8 Å². The van der Waals surface area contributed by atoms with Gasteiger partial charge < -0.3 is 19.5 Å². The fraction of sp³-hybridized carbons (Fsp3) is 0.562. The van der Waals surface area contributed by atoms with E-state index in [-0.39, 0.29) is 5.41 Å². The van der Waals surface area contributed by atoms with Gasteiger partial charge in [-0.05, 0) is 29.9 Å². The maximum absolute atomic E-state index is 10.4.